The Hall–Kier alpha value is -1.54. The largest absolute Gasteiger partial charge is 0.466 e. The molecule has 108 valence electrons. The van der Waals surface area contributed by atoms with Crippen molar-refractivity contribution in [3.05, 3.63) is 59.0 Å². The van der Waals surface area contributed by atoms with Gasteiger partial charge in [-0.25, -0.2) is 0 Å². The molecule has 0 aliphatic rings. The molecular weight excluding hydrogens is 246 g/mol. The standard InChI is InChI=1S/C18H25NO/c1-6-19-17(16-12-13(2)20-14(16)3)18(4,5)15-10-8-7-9-11-15/h7-12,17,19H,6H2,1-5H3. The summed E-state index contributed by atoms with van der Waals surface area (Å²) in [5.74, 6) is 1.99. The minimum Gasteiger partial charge on any atom is -0.466 e. The summed E-state index contributed by atoms with van der Waals surface area (Å²) in [5, 5.41) is 3.63. The molecule has 0 saturated carbocycles. The Balaban J connectivity index is 2.45. The van der Waals surface area contributed by atoms with Crippen molar-refractivity contribution in [1.82, 2.24) is 5.32 Å². The fraction of sp³-hybridized carbons (Fsp3) is 0.444. The lowest BCUT2D eigenvalue weighted by Crippen LogP contribution is -2.37. The lowest BCUT2D eigenvalue weighted by atomic mass is 9.75. The fourth-order valence-electron chi connectivity index (χ4n) is 2.93. The van der Waals surface area contributed by atoms with Gasteiger partial charge in [0.2, 0.25) is 0 Å². The molecule has 0 bridgehead atoms. The van der Waals surface area contributed by atoms with Crippen molar-refractivity contribution in [3.8, 4) is 0 Å². The maximum Gasteiger partial charge on any atom is 0.105 e. The Bertz CT molecular complexity index is 554. The molecule has 0 radical (unpaired) electrons. The lowest BCUT2D eigenvalue weighted by Gasteiger charge is -2.35. The average molecular weight is 271 g/mol. The Morgan fingerprint density at radius 1 is 1.15 bits per heavy atom. The van der Waals surface area contributed by atoms with Crippen LogP contribution in [0, 0.1) is 13.8 Å². The van der Waals surface area contributed by atoms with E-state index in [9.17, 15) is 0 Å². The van der Waals surface area contributed by atoms with E-state index < -0.39 is 0 Å². The number of rotatable bonds is 5. The zero-order valence-electron chi connectivity index (χ0n) is 13.2. The van der Waals surface area contributed by atoms with Crippen molar-refractivity contribution in [1.29, 1.82) is 0 Å². The first-order valence-corrected chi connectivity index (χ1v) is 7.32. The highest BCUT2D eigenvalue weighted by Gasteiger charge is 2.33. The van der Waals surface area contributed by atoms with E-state index in [1.165, 1.54) is 11.1 Å². The monoisotopic (exact) mass is 271 g/mol. The van der Waals surface area contributed by atoms with Gasteiger partial charge in [-0.2, -0.15) is 0 Å². The van der Waals surface area contributed by atoms with Gasteiger partial charge in [0.25, 0.3) is 0 Å². The Labute approximate surface area is 122 Å². The highest BCUT2D eigenvalue weighted by atomic mass is 16.3. The van der Waals surface area contributed by atoms with Crippen molar-refractivity contribution in [2.75, 3.05) is 6.54 Å². The molecule has 0 saturated heterocycles. The van der Waals surface area contributed by atoms with Gasteiger partial charge in [0.15, 0.2) is 0 Å². The molecule has 1 heterocycles. The summed E-state index contributed by atoms with van der Waals surface area (Å²) in [5.41, 5.74) is 2.60. The summed E-state index contributed by atoms with van der Waals surface area (Å²) in [6.07, 6.45) is 0. The van der Waals surface area contributed by atoms with Crippen LogP contribution in [0.15, 0.2) is 40.8 Å². The lowest BCUT2D eigenvalue weighted by molar-refractivity contribution is 0.348. The highest BCUT2D eigenvalue weighted by Crippen LogP contribution is 2.38. The van der Waals surface area contributed by atoms with Crippen LogP contribution in [0.1, 0.15) is 49.5 Å². The highest BCUT2D eigenvalue weighted by molar-refractivity contribution is 5.34. The van der Waals surface area contributed by atoms with Crippen molar-refractivity contribution in [2.45, 2.75) is 46.1 Å². The van der Waals surface area contributed by atoms with Crippen molar-refractivity contribution in [2.24, 2.45) is 0 Å². The molecule has 2 heteroatoms. The summed E-state index contributed by atoms with van der Waals surface area (Å²) in [6.45, 7) is 11.7. The van der Waals surface area contributed by atoms with Gasteiger partial charge in [0.1, 0.15) is 11.5 Å². The summed E-state index contributed by atoms with van der Waals surface area (Å²) in [7, 11) is 0. The molecule has 1 unspecified atom stereocenters. The van der Waals surface area contributed by atoms with Gasteiger partial charge < -0.3 is 9.73 Å². The third kappa shape index (κ3) is 2.80. The molecule has 20 heavy (non-hydrogen) atoms. The van der Waals surface area contributed by atoms with Crippen LogP contribution < -0.4 is 5.32 Å². The topological polar surface area (TPSA) is 25.2 Å². The molecule has 0 spiro atoms. The van der Waals surface area contributed by atoms with E-state index in [4.69, 9.17) is 4.42 Å². The molecule has 1 atom stereocenters. The summed E-state index contributed by atoms with van der Waals surface area (Å²) >= 11 is 0. The van der Waals surface area contributed by atoms with Crippen molar-refractivity contribution >= 4 is 0 Å². The number of benzene rings is 1. The van der Waals surface area contributed by atoms with E-state index in [-0.39, 0.29) is 11.5 Å². The molecule has 0 aliphatic heterocycles. The van der Waals surface area contributed by atoms with Gasteiger partial charge >= 0.3 is 0 Å². The molecule has 0 aliphatic carbocycles. The fourth-order valence-corrected chi connectivity index (χ4v) is 2.93. The third-order valence-corrected chi connectivity index (χ3v) is 4.04. The normalized spacial score (nSPS) is 13.4. The van der Waals surface area contributed by atoms with E-state index in [1.807, 2.05) is 13.8 Å². The van der Waals surface area contributed by atoms with Gasteiger partial charge in [-0.1, -0.05) is 51.1 Å². The maximum atomic E-state index is 5.73. The second-order valence-electron chi connectivity index (χ2n) is 5.95. The molecule has 0 fully saturated rings. The van der Waals surface area contributed by atoms with Crippen molar-refractivity contribution in [3.63, 3.8) is 0 Å². The second kappa shape index (κ2) is 5.84. The number of hydrogen-bond acceptors (Lipinski definition) is 2. The predicted molar refractivity (Wildman–Crippen MR) is 84.1 cm³/mol. The van der Waals surface area contributed by atoms with E-state index in [0.717, 1.165) is 18.1 Å². The number of nitrogens with one attached hydrogen (secondary N) is 1. The first kappa shape index (κ1) is 14.9. The number of aryl methyl sites for hydroxylation is 2. The van der Waals surface area contributed by atoms with E-state index in [0.29, 0.717) is 0 Å². The average Bonchev–Trinajstić information content (AvgIpc) is 2.75. The zero-order chi connectivity index (χ0) is 14.8. The first-order chi connectivity index (χ1) is 9.46. The van der Waals surface area contributed by atoms with E-state index in [1.54, 1.807) is 0 Å². The quantitative estimate of drug-likeness (QED) is 0.864. The number of furan rings is 1. The second-order valence-corrected chi connectivity index (χ2v) is 5.95. The van der Waals surface area contributed by atoms with Crippen LogP contribution in [0.2, 0.25) is 0 Å². The number of likely N-dealkylation sites (N-methyl/N-ethyl adjacent to an activating group) is 1. The van der Waals surface area contributed by atoms with Gasteiger partial charge in [-0.05, 0) is 32.0 Å². The van der Waals surface area contributed by atoms with Crippen LogP contribution in [-0.2, 0) is 5.41 Å². The molecule has 1 aromatic carbocycles. The Morgan fingerprint density at radius 3 is 2.30 bits per heavy atom. The van der Waals surface area contributed by atoms with Gasteiger partial charge in [-0.15, -0.1) is 0 Å². The summed E-state index contributed by atoms with van der Waals surface area (Å²) in [4.78, 5) is 0. The zero-order valence-corrected chi connectivity index (χ0v) is 13.2. The molecule has 1 N–H and O–H groups in total. The molecule has 2 nitrogen and oxygen atoms in total. The van der Waals surface area contributed by atoms with Gasteiger partial charge in [0.05, 0.1) is 0 Å². The molecule has 0 amide bonds. The van der Waals surface area contributed by atoms with Crippen LogP contribution >= 0.6 is 0 Å². The summed E-state index contributed by atoms with van der Waals surface area (Å²) < 4.78 is 5.73. The molecule has 1 aromatic heterocycles. The van der Waals surface area contributed by atoms with Crippen LogP contribution in [0.5, 0.6) is 0 Å². The minimum absolute atomic E-state index is 0.00164. The van der Waals surface area contributed by atoms with E-state index in [2.05, 4.69) is 62.5 Å². The summed E-state index contributed by atoms with van der Waals surface area (Å²) in [6, 6.07) is 13.1. The van der Waals surface area contributed by atoms with Crippen LogP contribution in [0.4, 0.5) is 0 Å². The first-order valence-electron chi connectivity index (χ1n) is 7.32. The smallest absolute Gasteiger partial charge is 0.105 e. The Kier molecular flexibility index (Phi) is 4.34. The third-order valence-electron chi connectivity index (χ3n) is 4.04. The minimum atomic E-state index is -0.00164. The maximum absolute atomic E-state index is 5.73. The number of hydrogen-bond donors (Lipinski definition) is 1. The van der Waals surface area contributed by atoms with Crippen LogP contribution in [-0.4, -0.2) is 6.54 Å². The molecule has 2 aromatic rings. The Morgan fingerprint density at radius 2 is 1.80 bits per heavy atom. The van der Waals surface area contributed by atoms with Crippen LogP contribution in [0.3, 0.4) is 0 Å². The molecular formula is C18H25NO. The molecule has 2 rings (SSSR count). The van der Waals surface area contributed by atoms with Crippen molar-refractivity contribution < 1.29 is 4.42 Å². The van der Waals surface area contributed by atoms with Gasteiger partial charge in [0, 0.05) is 17.0 Å². The van der Waals surface area contributed by atoms with Gasteiger partial charge in [-0.3, -0.25) is 0 Å². The van der Waals surface area contributed by atoms with E-state index >= 15 is 0 Å². The SMILES string of the molecule is CCNC(c1cc(C)oc1C)C(C)(C)c1ccccc1. The predicted octanol–water partition coefficient (Wildman–Crippen LogP) is 4.52. The van der Waals surface area contributed by atoms with Crippen LogP contribution in [0.25, 0.3) is 0 Å².